The highest BCUT2D eigenvalue weighted by Crippen LogP contribution is 2.33. The molecule has 12 nitrogen and oxygen atoms in total. The Hall–Kier alpha value is -5.25. The molecule has 16 heteroatoms. The number of benzene rings is 3. The van der Waals surface area contributed by atoms with E-state index in [1.54, 1.807) is 72.8 Å². The Balaban J connectivity index is 0.000000707. The Morgan fingerprint density at radius 3 is 2.24 bits per heavy atom. The number of anilines is 1. The van der Waals surface area contributed by atoms with Gasteiger partial charge in [0.15, 0.2) is 9.84 Å². The van der Waals surface area contributed by atoms with Crippen LogP contribution in [0.2, 0.25) is 0 Å². The Morgan fingerprint density at radius 2 is 1.69 bits per heavy atom. The molecule has 0 bridgehead atoms. The van der Waals surface area contributed by atoms with E-state index in [1.807, 2.05) is 0 Å². The van der Waals surface area contributed by atoms with Crippen LogP contribution in [0.15, 0.2) is 82.8 Å². The molecular formula is C29H27F3N4O8S. The van der Waals surface area contributed by atoms with Crippen molar-refractivity contribution in [1.82, 2.24) is 0 Å². The molecule has 1 aliphatic heterocycles. The van der Waals surface area contributed by atoms with Gasteiger partial charge in [-0.05, 0) is 35.9 Å². The number of ether oxygens (including phenoxy) is 1. The smallest absolute Gasteiger partial charge is 0.430 e. The zero-order valence-corrected chi connectivity index (χ0v) is 24.6. The zero-order chi connectivity index (χ0) is 33.6. The third-order valence-electron chi connectivity index (χ3n) is 6.36. The fourth-order valence-electron chi connectivity index (χ4n) is 4.12. The van der Waals surface area contributed by atoms with Crippen LogP contribution in [-0.4, -0.2) is 63.0 Å². The molecule has 1 aliphatic rings. The average molecular weight is 649 g/mol. The number of carboxylic acids is 1. The van der Waals surface area contributed by atoms with Gasteiger partial charge < -0.3 is 24.8 Å². The highest BCUT2D eigenvalue weighted by molar-refractivity contribution is 7.90. The number of carbonyl (C=O) groups is 3. The number of amides is 1. The monoisotopic (exact) mass is 648 g/mol. The fourth-order valence-corrected chi connectivity index (χ4v) is 5.03. The molecule has 0 radical (unpaired) electrons. The normalized spacial score (nSPS) is 15.9. The number of rotatable bonds is 8. The Bertz CT molecular complexity index is 1760. The molecule has 1 amide bonds. The van der Waals surface area contributed by atoms with Crippen LogP contribution < -0.4 is 21.6 Å². The lowest BCUT2D eigenvalue weighted by Crippen LogP contribution is -2.46. The van der Waals surface area contributed by atoms with E-state index in [2.05, 4.69) is 10.5 Å². The van der Waals surface area contributed by atoms with Crippen LogP contribution in [0.3, 0.4) is 0 Å². The standard InChI is InChI=1S/C27H26N4O6S.C2HF3O2/c1-36-24(32)16-27(15-22(31-37-27)18-6-5-7-19(14-18)25(28)29)26(33)30-20-12-10-17(11-13-20)21-8-3-4-9-23(21)38(2,34)35;3-2(4,5)1(6)7/h3-14H,15-16H2,1-2H3,(H3,28,29)(H,30,33);(H,6,7). The summed E-state index contributed by atoms with van der Waals surface area (Å²) in [6.45, 7) is 0. The van der Waals surface area contributed by atoms with Gasteiger partial charge in [0.2, 0.25) is 5.60 Å². The number of hydrogen-bond acceptors (Lipinski definition) is 9. The second-order valence-corrected chi connectivity index (χ2v) is 11.7. The number of nitrogens with one attached hydrogen (secondary N) is 1. The summed E-state index contributed by atoms with van der Waals surface area (Å²) in [6.07, 6.45) is -4.41. The number of methoxy groups -OCH3 is 1. The van der Waals surface area contributed by atoms with Crippen molar-refractivity contribution in [2.45, 2.75) is 29.5 Å². The number of carbonyl (C=O) groups excluding carboxylic acids is 3. The third-order valence-corrected chi connectivity index (χ3v) is 7.51. The number of esters is 1. The minimum absolute atomic E-state index is 0.00167. The summed E-state index contributed by atoms with van der Waals surface area (Å²) in [7, 11) is -2.21. The number of alkyl halides is 3. The van der Waals surface area contributed by atoms with Crippen LogP contribution in [0.25, 0.3) is 11.1 Å². The van der Waals surface area contributed by atoms with E-state index < -0.39 is 39.5 Å². The summed E-state index contributed by atoms with van der Waals surface area (Å²) in [6, 6.07) is 20.3. The maximum Gasteiger partial charge on any atom is 0.430 e. The molecule has 0 aliphatic carbocycles. The summed E-state index contributed by atoms with van der Waals surface area (Å²) in [5, 5.41) is 21.4. The molecule has 238 valence electrons. The van der Waals surface area contributed by atoms with Gasteiger partial charge in [0.25, 0.3) is 11.7 Å². The number of hydrogen-bond donors (Lipinski definition) is 3. The lowest BCUT2D eigenvalue weighted by Gasteiger charge is -2.24. The first-order valence-electron chi connectivity index (χ1n) is 12.8. The first-order valence-corrected chi connectivity index (χ1v) is 14.7. The van der Waals surface area contributed by atoms with Gasteiger partial charge in [-0.2, -0.15) is 13.2 Å². The first kappa shape index (κ1) is 34.2. The molecule has 0 aromatic heterocycles. The van der Waals surface area contributed by atoms with Gasteiger partial charge in [0.1, 0.15) is 5.97 Å². The summed E-state index contributed by atoms with van der Waals surface area (Å²) in [5.41, 5.74) is 7.37. The van der Waals surface area contributed by atoms with E-state index in [1.165, 1.54) is 7.11 Å². The number of oxime groups is 1. The zero-order valence-electron chi connectivity index (χ0n) is 23.8. The maximum atomic E-state index is 13.4. The number of carboxylic acid groups (broad SMARTS) is 1. The molecule has 0 spiro atoms. The highest BCUT2D eigenvalue weighted by atomic mass is 32.2. The van der Waals surface area contributed by atoms with Crippen LogP contribution in [0, 0.1) is 0 Å². The predicted octanol–water partition coefficient (Wildman–Crippen LogP) is 0.585. The molecule has 1 heterocycles. The topological polar surface area (TPSA) is 203 Å². The van der Waals surface area contributed by atoms with Gasteiger partial charge in [-0.25, -0.2) is 8.42 Å². The van der Waals surface area contributed by atoms with Gasteiger partial charge in [-0.1, -0.05) is 47.6 Å². The minimum atomic E-state index is -5.19. The van der Waals surface area contributed by atoms with Crippen molar-refractivity contribution in [3.05, 3.63) is 83.9 Å². The van der Waals surface area contributed by atoms with Crippen LogP contribution in [0.1, 0.15) is 24.0 Å². The van der Waals surface area contributed by atoms with Gasteiger partial charge in [0.05, 0.1) is 29.7 Å². The first-order chi connectivity index (χ1) is 21.0. The van der Waals surface area contributed by atoms with E-state index in [9.17, 15) is 31.2 Å². The van der Waals surface area contributed by atoms with Crippen molar-refractivity contribution in [2.75, 3.05) is 18.7 Å². The van der Waals surface area contributed by atoms with Crippen LogP contribution in [0.5, 0.6) is 0 Å². The Morgan fingerprint density at radius 1 is 1.07 bits per heavy atom. The van der Waals surface area contributed by atoms with Crippen molar-refractivity contribution in [1.29, 1.82) is 0 Å². The Kier molecular flexibility index (Phi) is 10.3. The van der Waals surface area contributed by atoms with Crippen molar-refractivity contribution in [2.24, 2.45) is 10.9 Å². The molecule has 3 aromatic rings. The summed E-state index contributed by atoms with van der Waals surface area (Å²) in [5.74, 6) is -4.11. The van der Waals surface area contributed by atoms with E-state index >= 15 is 0 Å². The number of amidine groups is 1. The molecule has 1 unspecified atom stereocenters. The second kappa shape index (κ2) is 13.6. The molecule has 5 N–H and O–H groups in total. The molecule has 0 saturated heterocycles. The summed E-state index contributed by atoms with van der Waals surface area (Å²) in [4.78, 5) is 40.2. The molecule has 3 aromatic carbocycles. The van der Waals surface area contributed by atoms with Crippen LogP contribution >= 0.6 is 0 Å². The summed E-state index contributed by atoms with van der Waals surface area (Å²) < 4.78 is 60.7. The molecule has 1 atom stereocenters. The highest BCUT2D eigenvalue weighted by Gasteiger charge is 2.49. The molecule has 4 rings (SSSR count). The van der Waals surface area contributed by atoms with E-state index in [0.717, 1.165) is 6.26 Å². The second-order valence-electron chi connectivity index (χ2n) is 9.67. The van der Waals surface area contributed by atoms with Gasteiger partial charge in [-0.3, -0.25) is 20.7 Å². The van der Waals surface area contributed by atoms with E-state index in [4.69, 9.17) is 30.6 Å². The number of aliphatic carboxylic acids is 1. The Labute approximate surface area is 255 Å². The fraction of sp³-hybridized carbons (Fsp3) is 0.207. The molecule has 45 heavy (non-hydrogen) atoms. The van der Waals surface area contributed by atoms with Crippen LogP contribution in [0.4, 0.5) is 18.9 Å². The van der Waals surface area contributed by atoms with Crippen molar-refractivity contribution in [3.63, 3.8) is 0 Å². The number of nitrogens with zero attached hydrogens (tertiary/aromatic N) is 1. The predicted molar refractivity (Wildman–Crippen MR) is 153 cm³/mol. The summed E-state index contributed by atoms with van der Waals surface area (Å²) >= 11 is 0. The minimum Gasteiger partial charge on any atom is -0.542 e. The lowest BCUT2D eigenvalue weighted by molar-refractivity contribution is -0.344. The van der Waals surface area contributed by atoms with E-state index in [-0.39, 0.29) is 23.6 Å². The van der Waals surface area contributed by atoms with Crippen molar-refractivity contribution >= 4 is 44.9 Å². The van der Waals surface area contributed by atoms with E-state index in [0.29, 0.717) is 33.7 Å². The quantitative estimate of drug-likeness (QED) is 0.177. The maximum absolute atomic E-state index is 13.4. The van der Waals surface area contributed by atoms with Gasteiger partial charge >= 0.3 is 12.1 Å². The number of halogens is 3. The van der Waals surface area contributed by atoms with Gasteiger partial charge in [-0.15, -0.1) is 0 Å². The largest absolute Gasteiger partial charge is 0.542 e. The molecule has 0 saturated carbocycles. The van der Waals surface area contributed by atoms with Crippen molar-refractivity contribution in [3.8, 4) is 11.1 Å². The number of nitrogens with two attached hydrogens (primary N) is 2. The van der Waals surface area contributed by atoms with Crippen molar-refractivity contribution < 1.29 is 56.1 Å². The van der Waals surface area contributed by atoms with Crippen LogP contribution in [-0.2, 0) is 33.8 Å². The number of sulfone groups is 1. The molecule has 0 fully saturated rings. The lowest BCUT2D eigenvalue weighted by atomic mass is 9.89. The average Bonchev–Trinajstić information content (AvgIpc) is 3.42. The van der Waals surface area contributed by atoms with Gasteiger partial charge in [0, 0.05) is 29.5 Å². The molecular weight excluding hydrogens is 621 g/mol. The SMILES string of the molecule is COC(=O)CC1(C(=O)Nc2ccc(-c3ccccc3S(C)(=O)=O)cc2)CC(c2cccc(C(N)=[NH2+])c2)=NO1.O=C([O-])C(F)(F)F. The third kappa shape index (κ3) is 8.66.